The number of thioether (sulfide) groups is 1. The molecule has 2 aromatic rings. The molecule has 0 aliphatic carbocycles. The number of carbonyl (C=O) groups is 1. The van der Waals surface area contributed by atoms with Crippen molar-refractivity contribution in [1.82, 2.24) is 9.97 Å². The molecule has 9 heteroatoms. The van der Waals surface area contributed by atoms with Crippen molar-refractivity contribution < 1.29 is 4.79 Å². The molecule has 0 saturated carbocycles. The van der Waals surface area contributed by atoms with Crippen molar-refractivity contribution in [3.05, 3.63) is 49.3 Å². The van der Waals surface area contributed by atoms with Crippen molar-refractivity contribution >= 4 is 58.2 Å². The van der Waals surface area contributed by atoms with Gasteiger partial charge in [-0.15, -0.1) is 0 Å². The number of hydrogen-bond acceptors (Lipinski definition) is 4. The quantitative estimate of drug-likeness (QED) is 0.595. The molecule has 1 heterocycles. The number of aromatic amines is 1. The lowest BCUT2D eigenvalue weighted by molar-refractivity contribution is -0.113. The highest BCUT2D eigenvalue weighted by molar-refractivity contribution is 7.99. The second-order valence-electron chi connectivity index (χ2n) is 4.48. The van der Waals surface area contributed by atoms with Crippen molar-refractivity contribution in [1.29, 1.82) is 0 Å². The molecule has 0 radical (unpaired) electrons. The molecular weight excluding hydrogens is 381 g/mol. The molecule has 0 bridgehead atoms. The van der Waals surface area contributed by atoms with Crippen LogP contribution in [0.2, 0.25) is 15.1 Å². The highest BCUT2D eigenvalue weighted by atomic mass is 35.5. The molecule has 0 aliphatic heterocycles. The average Bonchev–Trinajstić information content (AvgIpc) is 2.48. The molecule has 5 nitrogen and oxygen atoms in total. The van der Waals surface area contributed by atoms with Crippen LogP contribution >= 0.6 is 46.6 Å². The van der Waals surface area contributed by atoms with Gasteiger partial charge in [-0.1, -0.05) is 53.5 Å². The molecule has 0 aliphatic rings. The van der Waals surface area contributed by atoms with Gasteiger partial charge in [0.05, 0.1) is 21.5 Å². The van der Waals surface area contributed by atoms with E-state index in [4.69, 9.17) is 34.8 Å². The summed E-state index contributed by atoms with van der Waals surface area (Å²) >= 11 is 18.9. The van der Waals surface area contributed by atoms with Gasteiger partial charge >= 0.3 is 0 Å². The van der Waals surface area contributed by atoms with Gasteiger partial charge in [0.25, 0.3) is 5.56 Å². The number of nitrogens with one attached hydrogen (secondary N) is 2. The highest BCUT2D eigenvalue weighted by Crippen LogP contribution is 2.33. The maximum Gasteiger partial charge on any atom is 0.251 e. The molecule has 0 fully saturated rings. The Kier molecular flexibility index (Phi) is 6.35. The van der Waals surface area contributed by atoms with E-state index in [9.17, 15) is 9.59 Å². The first-order chi connectivity index (χ1) is 10.9. The minimum absolute atomic E-state index is 0.0470. The summed E-state index contributed by atoms with van der Waals surface area (Å²) in [7, 11) is 0. The van der Waals surface area contributed by atoms with Crippen LogP contribution in [0.25, 0.3) is 0 Å². The Morgan fingerprint density at radius 2 is 1.91 bits per heavy atom. The second-order valence-corrected chi connectivity index (χ2v) is 6.69. The van der Waals surface area contributed by atoms with E-state index >= 15 is 0 Å². The SMILES string of the molecule is CCc1cc(=O)[nH]c(SCC(=O)Nc2c(Cl)cc(Cl)cc2Cl)n1. The molecule has 1 aromatic heterocycles. The molecule has 1 amide bonds. The zero-order chi connectivity index (χ0) is 17.0. The Bertz CT molecular complexity index is 772. The van der Waals surface area contributed by atoms with E-state index in [0.29, 0.717) is 28.0 Å². The fourth-order valence-corrected chi connectivity index (χ4v) is 3.31. The maximum atomic E-state index is 12.0. The van der Waals surface area contributed by atoms with Crippen molar-refractivity contribution in [2.24, 2.45) is 0 Å². The predicted molar refractivity (Wildman–Crippen MR) is 95.1 cm³/mol. The molecule has 2 N–H and O–H groups in total. The number of carbonyl (C=O) groups excluding carboxylic acids is 1. The highest BCUT2D eigenvalue weighted by Gasteiger charge is 2.12. The van der Waals surface area contributed by atoms with E-state index in [1.54, 1.807) is 0 Å². The number of rotatable bonds is 5. The Morgan fingerprint density at radius 1 is 1.26 bits per heavy atom. The first-order valence-corrected chi connectivity index (χ1v) is 8.68. The first-order valence-electron chi connectivity index (χ1n) is 6.56. The lowest BCUT2D eigenvalue weighted by Gasteiger charge is -2.09. The zero-order valence-electron chi connectivity index (χ0n) is 12.0. The van der Waals surface area contributed by atoms with Crippen molar-refractivity contribution in [3.63, 3.8) is 0 Å². The third-order valence-corrected chi connectivity index (χ3v) is 4.43. The van der Waals surface area contributed by atoms with Crippen LogP contribution in [0.5, 0.6) is 0 Å². The Hall–Kier alpha value is -1.21. The van der Waals surface area contributed by atoms with Crippen molar-refractivity contribution in [2.45, 2.75) is 18.5 Å². The van der Waals surface area contributed by atoms with Gasteiger partial charge in [-0.25, -0.2) is 4.98 Å². The second kappa shape index (κ2) is 8.06. The topological polar surface area (TPSA) is 74.8 Å². The van der Waals surface area contributed by atoms with Gasteiger partial charge < -0.3 is 10.3 Å². The molecule has 23 heavy (non-hydrogen) atoms. The summed E-state index contributed by atoms with van der Waals surface area (Å²) in [4.78, 5) is 30.3. The summed E-state index contributed by atoms with van der Waals surface area (Å²) in [5.74, 6) is -0.281. The van der Waals surface area contributed by atoms with Gasteiger partial charge in [0, 0.05) is 16.8 Å². The van der Waals surface area contributed by atoms with Crippen LogP contribution in [0.15, 0.2) is 28.2 Å². The molecule has 0 saturated heterocycles. The van der Waals surface area contributed by atoms with Gasteiger partial charge in [-0.3, -0.25) is 9.59 Å². The summed E-state index contributed by atoms with van der Waals surface area (Å²) in [6.07, 6.45) is 0.639. The van der Waals surface area contributed by atoms with Crippen LogP contribution in [0.3, 0.4) is 0 Å². The Balaban J connectivity index is 2.04. The Morgan fingerprint density at radius 3 is 2.52 bits per heavy atom. The molecule has 2 rings (SSSR count). The number of H-pyrrole nitrogens is 1. The summed E-state index contributed by atoms with van der Waals surface area (Å²) in [5, 5.41) is 3.88. The average molecular weight is 393 g/mol. The molecular formula is C14H12Cl3N3O2S. The van der Waals surface area contributed by atoms with E-state index in [1.165, 1.54) is 18.2 Å². The van der Waals surface area contributed by atoms with Crippen LogP contribution in [0.4, 0.5) is 5.69 Å². The van der Waals surface area contributed by atoms with Crippen LogP contribution in [0.1, 0.15) is 12.6 Å². The van der Waals surface area contributed by atoms with Gasteiger partial charge in [-0.05, 0) is 18.6 Å². The largest absolute Gasteiger partial charge is 0.323 e. The summed E-state index contributed by atoms with van der Waals surface area (Å²) in [6, 6.07) is 4.40. The fourth-order valence-electron chi connectivity index (χ4n) is 1.70. The number of halogens is 3. The van der Waals surface area contributed by atoms with Gasteiger partial charge in [0.15, 0.2) is 5.16 Å². The smallest absolute Gasteiger partial charge is 0.251 e. The fraction of sp³-hybridized carbons (Fsp3) is 0.214. The minimum Gasteiger partial charge on any atom is -0.323 e. The molecule has 0 spiro atoms. The van der Waals surface area contributed by atoms with Gasteiger partial charge in [0.2, 0.25) is 5.91 Å². The molecule has 1 aromatic carbocycles. The minimum atomic E-state index is -0.328. The van der Waals surface area contributed by atoms with Crippen LogP contribution in [-0.2, 0) is 11.2 Å². The number of nitrogens with zero attached hydrogens (tertiary/aromatic N) is 1. The number of amides is 1. The van der Waals surface area contributed by atoms with Crippen molar-refractivity contribution in [2.75, 3.05) is 11.1 Å². The molecule has 122 valence electrons. The number of anilines is 1. The zero-order valence-corrected chi connectivity index (χ0v) is 15.0. The standard InChI is InChI=1S/C14H12Cl3N3O2S/c1-2-8-5-11(21)20-14(18-8)23-6-12(22)19-13-9(16)3-7(15)4-10(13)17/h3-5H,2,6H2,1H3,(H,19,22)(H,18,20,21). The van der Waals surface area contributed by atoms with Gasteiger partial charge in [-0.2, -0.15) is 0 Å². The van der Waals surface area contributed by atoms with E-state index in [-0.39, 0.29) is 27.3 Å². The van der Waals surface area contributed by atoms with Crippen molar-refractivity contribution in [3.8, 4) is 0 Å². The summed E-state index contributed by atoms with van der Waals surface area (Å²) in [6.45, 7) is 1.90. The van der Waals surface area contributed by atoms with Crippen LogP contribution < -0.4 is 10.9 Å². The summed E-state index contributed by atoms with van der Waals surface area (Å²) < 4.78 is 0. The normalized spacial score (nSPS) is 10.6. The number of aryl methyl sites for hydroxylation is 1. The number of aromatic nitrogens is 2. The third-order valence-electron chi connectivity index (χ3n) is 2.75. The molecule has 0 atom stereocenters. The monoisotopic (exact) mass is 391 g/mol. The maximum absolute atomic E-state index is 12.0. The Labute approximate surface area is 151 Å². The number of benzene rings is 1. The van der Waals surface area contributed by atoms with Crippen LogP contribution in [-0.4, -0.2) is 21.6 Å². The molecule has 0 unspecified atom stereocenters. The van der Waals surface area contributed by atoms with Crippen LogP contribution in [0, 0.1) is 0 Å². The van der Waals surface area contributed by atoms with Gasteiger partial charge in [0.1, 0.15) is 0 Å². The lowest BCUT2D eigenvalue weighted by atomic mass is 10.3. The van der Waals surface area contributed by atoms with E-state index in [1.807, 2.05) is 6.92 Å². The van der Waals surface area contributed by atoms with E-state index in [2.05, 4.69) is 15.3 Å². The lowest BCUT2D eigenvalue weighted by Crippen LogP contribution is -2.16. The predicted octanol–water partition coefficient (Wildman–Crippen LogP) is 4.02. The summed E-state index contributed by atoms with van der Waals surface area (Å²) in [5.41, 5.74) is 0.719. The number of hydrogen-bond donors (Lipinski definition) is 2. The first kappa shape index (κ1) is 18.1. The third kappa shape index (κ3) is 5.14. The van der Waals surface area contributed by atoms with E-state index in [0.717, 1.165) is 11.8 Å². The van der Waals surface area contributed by atoms with E-state index < -0.39 is 0 Å².